The molecule has 0 aliphatic carbocycles. The Kier molecular flexibility index (Phi) is 6.20. The molecule has 0 saturated heterocycles. The maximum Gasteiger partial charge on any atom is 0.340 e. The van der Waals surface area contributed by atoms with Crippen molar-refractivity contribution in [2.75, 3.05) is 7.11 Å². The standard InChI is InChI=1S/C16H18O5/c1-11(15(17)19-4)10-12(2)16(18)21-13(3)20-14-8-6-5-7-9-14/h5-10,13H,2H2,1,3-4H3/b11-10+. The van der Waals surface area contributed by atoms with E-state index >= 15 is 0 Å². The number of esters is 2. The summed E-state index contributed by atoms with van der Waals surface area (Å²) < 4.78 is 15.0. The first-order valence-corrected chi connectivity index (χ1v) is 6.32. The van der Waals surface area contributed by atoms with E-state index < -0.39 is 18.2 Å². The van der Waals surface area contributed by atoms with Crippen LogP contribution < -0.4 is 4.74 Å². The molecule has 0 aromatic heterocycles. The molecule has 1 aromatic carbocycles. The van der Waals surface area contributed by atoms with E-state index in [9.17, 15) is 9.59 Å². The molecule has 1 atom stereocenters. The van der Waals surface area contributed by atoms with Gasteiger partial charge in [0.2, 0.25) is 6.29 Å². The first-order valence-electron chi connectivity index (χ1n) is 6.32. The summed E-state index contributed by atoms with van der Waals surface area (Å²) >= 11 is 0. The third-order valence-electron chi connectivity index (χ3n) is 2.48. The zero-order valence-electron chi connectivity index (χ0n) is 12.3. The van der Waals surface area contributed by atoms with E-state index in [4.69, 9.17) is 9.47 Å². The van der Waals surface area contributed by atoms with Gasteiger partial charge in [-0.1, -0.05) is 24.8 Å². The topological polar surface area (TPSA) is 61.8 Å². The number of carbonyl (C=O) groups is 2. The van der Waals surface area contributed by atoms with E-state index in [1.165, 1.54) is 20.1 Å². The maximum absolute atomic E-state index is 11.8. The molecule has 0 fully saturated rings. The second-order valence-electron chi connectivity index (χ2n) is 4.25. The summed E-state index contributed by atoms with van der Waals surface area (Å²) in [6.07, 6.45) is 0.534. The van der Waals surface area contributed by atoms with Gasteiger partial charge < -0.3 is 14.2 Å². The number of hydrogen-bond acceptors (Lipinski definition) is 5. The first-order chi connectivity index (χ1) is 9.93. The summed E-state index contributed by atoms with van der Waals surface area (Å²) in [5.74, 6) is -0.607. The third kappa shape index (κ3) is 5.52. The van der Waals surface area contributed by atoms with Crippen LogP contribution >= 0.6 is 0 Å². The summed E-state index contributed by atoms with van der Waals surface area (Å²) in [4.78, 5) is 23.0. The first kappa shape index (κ1) is 16.5. The summed E-state index contributed by atoms with van der Waals surface area (Å²) in [6.45, 7) is 6.67. The lowest BCUT2D eigenvalue weighted by Gasteiger charge is -2.15. The van der Waals surface area contributed by atoms with E-state index in [1.54, 1.807) is 19.1 Å². The molecule has 0 amide bonds. The molecular formula is C16H18O5. The van der Waals surface area contributed by atoms with E-state index in [1.807, 2.05) is 18.2 Å². The number of methoxy groups -OCH3 is 1. The lowest BCUT2D eigenvalue weighted by Crippen LogP contribution is -2.21. The third-order valence-corrected chi connectivity index (χ3v) is 2.48. The normalized spacial score (nSPS) is 12.2. The fourth-order valence-corrected chi connectivity index (χ4v) is 1.48. The Hall–Kier alpha value is -2.56. The van der Waals surface area contributed by atoms with Gasteiger partial charge in [0.1, 0.15) is 5.75 Å². The molecular weight excluding hydrogens is 272 g/mol. The molecule has 0 saturated carbocycles. The molecule has 1 rings (SSSR count). The van der Waals surface area contributed by atoms with Gasteiger partial charge in [-0.3, -0.25) is 0 Å². The lowest BCUT2D eigenvalue weighted by atomic mass is 10.2. The van der Waals surface area contributed by atoms with Crippen LogP contribution in [0.2, 0.25) is 0 Å². The molecule has 0 spiro atoms. The highest BCUT2D eigenvalue weighted by Gasteiger charge is 2.14. The molecule has 21 heavy (non-hydrogen) atoms. The Morgan fingerprint density at radius 2 is 1.81 bits per heavy atom. The van der Waals surface area contributed by atoms with Crippen molar-refractivity contribution in [3.63, 3.8) is 0 Å². The van der Waals surface area contributed by atoms with Gasteiger partial charge in [0.05, 0.1) is 12.7 Å². The minimum Gasteiger partial charge on any atom is -0.466 e. The molecule has 0 N–H and O–H groups in total. The van der Waals surface area contributed by atoms with Crippen LogP contribution in [0, 0.1) is 0 Å². The number of carbonyl (C=O) groups excluding carboxylic acids is 2. The fourth-order valence-electron chi connectivity index (χ4n) is 1.48. The molecule has 0 heterocycles. The SMILES string of the molecule is C=C(/C=C(\C)C(=O)OC)C(=O)OC(C)Oc1ccccc1. The van der Waals surface area contributed by atoms with Crippen molar-refractivity contribution in [2.24, 2.45) is 0 Å². The van der Waals surface area contributed by atoms with Crippen molar-refractivity contribution >= 4 is 11.9 Å². The molecule has 5 heteroatoms. The maximum atomic E-state index is 11.8. The van der Waals surface area contributed by atoms with Crippen LogP contribution in [0.4, 0.5) is 0 Å². The van der Waals surface area contributed by atoms with Gasteiger partial charge in [-0.05, 0) is 25.1 Å². The molecule has 0 radical (unpaired) electrons. The molecule has 5 nitrogen and oxygen atoms in total. The zero-order chi connectivity index (χ0) is 15.8. The number of para-hydroxylation sites is 1. The number of ether oxygens (including phenoxy) is 3. The van der Waals surface area contributed by atoms with Gasteiger partial charge in [0.25, 0.3) is 0 Å². The minimum atomic E-state index is -0.775. The Labute approximate surface area is 123 Å². The Morgan fingerprint density at radius 3 is 2.38 bits per heavy atom. The van der Waals surface area contributed by atoms with Gasteiger partial charge in [-0.25, -0.2) is 9.59 Å². The van der Waals surface area contributed by atoms with Gasteiger partial charge in [0, 0.05) is 12.5 Å². The molecule has 0 aliphatic rings. The molecule has 1 aromatic rings. The fraction of sp³-hybridized carbons (Fsp3) is 0.250. The molecule has 0 aliphatic heterocycles. The Bertz CT molecular complexity index is 545. The second kappa shape index (κ2) is 7.89. The summed E-state index contributed by atoms with van der Waals surface area (Å²) in [6, 6.07) is 8.98. The van der Waals surface area contributed by atoms with Crippen molar-refractivity contribution in [2.45, 2.75) is 20.1 Å². The van der Waals surface area contributed by atoms with Gasteiger partial charge >= 0.3 is 11.9 Å². The highest BCUT2D eigenvalue weighted by Crippen LogP contribution is 2.12. The van der Waals surface area contributed by atoms with Gasteiger partial charge in [-0.2, -0.15) is 0 Å². The van der Waals surface area contributed by atoms with Gasteiger partial charge in [-0.15, -0.1) is 0 Å². The lowest BCUT2D eigenvalue weighted by molar-refractivity contribution is -0.155. The summed E-state index contributed by atoms with van der Waals surface area (Å²) in [7, 11) is 1.26. The van der Waals surface area contributed by atoms with Crippen LogP contribution in [0.1, 0.15) is 13.8 Å². The number of benzene rings is 1. The van der Waals surface area contributed by atoms with Crippen molar-refractivity contribution in [3.05, 3.63) is 54.1 Å². The van der Waals surface area contributed by atoms with Crippen LogP contribution in [-0.2, 0) is 19.1 Å². The highest BCUT2D eigenvalue weighted by atomic mass is 16.7. The molecule has 112 valence electrons. The van der Waals surface area contributed by atoms with E-state index in [0.717, 1.165) is 0 Å². The average Bonchev–Trinajstić information content (AvgIpc) is 2.46. The van der Waals surface area contributed by atoms with Gasteiger partial charge in [0.15, 0.2) is 0 Å². The smallest absolute Gasteiger partial charge is 0.340 e. The minimum absolute atomic E-state index is 0.0430. The molecule has 0 bridgehead atoms. The van der Waals surface area contributed by atoms with E-state index in [-0.39, 0.29) is 11.1 Å². The quantitative estimate of drug-likeness (QED) is 0.349. The number of rotatable bonds is 6. The van der Waals surface area contributed by atoms with Crippen molar-refractivity contribution < 1.29 is 23.8 Å². The predicted octanol–water partition coefficient (Wildman–Crippen LogP) is 2.63. The highest BCUT2D eigenvalue weighted by molar-refractivity contribution is 5.95. The monoisotopic (exact) mass is 290 g/mol. The van der Waals surface area contributed by atoms with Crippen LogP contribution in [0.3, 0.4) is 0 Å². The van der Waals surface area contributed by atoms with Crippen molar-refractivity contribution in [3.8, 4) is 5.75 Å². The van der Waals surface area contributed by atoms with Crippen molar-refractivity contribution in [1.29, 1.82) is 0 Å². The summed E-state index contributed by atoms with van der Waals surface area (Å²) in [5, 5.41) is 0. The van der Waals surface area contributed by atoms with Crippen LogP contribution in [0.15, 0.2) is 54.1 Å². The number of hydrogen-bond donors (Lipinski definition) is 0. The van der Waals surface area contributed by atoms with Crippen LogP contribution in [0.25, 0.3) is 0 Å². The van der Waals surface area contributed by atoms with Crippen LogP contribution in [0.5, 0.6) is 5.75 Å². The van der Waals surface area contributed by atoms with E-state index in [0.29, 0.717) is 5.75 Å². The molecule has 1 unspecified atom stereocenters. The Morgan fingerprint density at radius 1 is 1.19 bits per heavy atom. The van der Waals surface area contributed by atoms with Crippen LogP contribution in [-0.4, -0.2) is 25.3 Å². The average molecular weight is 290 g/mol. The zero-order valence-corrected chi connectivity index (χ0v) is 12.3. The largest absolute Gasteiger partial charge is 0.466 e. The van der Waals surface area contributed by atoms with Crippen molar-refractivity contribution in [1.82, 2.24) is 0 Å². The predicted molar refractivity (Wildman–Crippen MR) is 77.5 cm³/mol. The second-order valence-corrected chi connectivity index (χ2v) is 4.25. The summed E-state index contributed by atoms with van der Waals surface area (Å²) in [5.41, 5.74) is 0.303. The Balaban J connectivity index is 2.56. The van der Waals surface area contributed by atoms with E-state index in [2.05, 4.69) is 11.3 Å².